The van der Waals surface area contributed by atoms with E-state index in [1.807, 2.05) is 0 Å². The summed E-state index contributed by atoms with van der Waals surface area (Å²) in [6, 6.07) is 21.7. The van der Waals surface area contributed by atoms with E-state index in [1.165, 1.54) is 24.0 Å². The van der Waals surface area contributed by atoms with Crippen LogP contribution in [0.2, 0.25) is 0 Å². The monoisotopic (exact) mass is 250 g/mol. The van der Waals surface area contributed by atoms with E-state index in [0.29, 0.717) is 0 Å². The van der Waals surface area contributed by atoms with Gasteiger partial charge in [-0.1, -0.05) is 0 Å². The molecule has 2 unspecified atom stereocenters. The number of hydrogen-bond acceptors (Lipinski definition) is 0. The maximum absolute atomic E-state index is 2.35. The summed E-state index contributed by atoms with van der Waals surface area (Å²) in [5.41, 5.74) is 2.87. The van der Waals surface area contributed by atoms with Crippen LogP contribution < -0.4 is 0 Å². The Labute approximate surface area is 141 Å². The summed E-state index contributed by atoms with van der Waals surface area (Å²) in [5, 5.41) is 0. The van der Waals surface area contributed by atoms with Gasteiger partial charge in [-0.3, -0.25) is 0 Å². The molecule has 0 aliphatic heterocycles. The minimum atomic E-state index is 0.229. The second-order valence-corrected chi connectivity index (χ2v) is 7.00. The predicted molar refractivity (Wildman–Crippen MR) is 88.3 cm³/mol. The van der Waals surface area contributed by atoms with E-state index in [0.717, 1.165) is 0 Å². The second kappa shape index (κ2) is 6.60. The van der Waals surface area contributed by atoms with Gasteiger partial charge < -0.3 is 0 Å². The van der Waals surface area contributed by atoms with Crippen LogP contribution in [0.5, 0.6) is 0 Å². The fourth-order valence-electron chi connectivity index (χ4n) is 2.69. The van der Waals surface area contributed by atoms with Crippen molar-refractivity contribution in [3.63, 3.8) is 0 Å². The van der Waals surface area contributed by atoms with Gasteiger partial charge in [0.2, 0.25) is 0 Å². The third kappa shape index (κ3) is 4.07. The number of benzene rings is 2. The average molecular weight is 250 g/mol. The number of hydrogen-bond donors (Lipinski definition) is 0. The van der Waals surface area contributed by atoms with Gasteiger partial charge in [-0.15, -0.1) is 0 Å². The first kappa shape index (κ1) is 16.0. The summed E-state index contributed by atoms with van der Waals surface area (Å²) in [7, 11) is 0. The van der Waals surface area contributed by atoms with Gasteiger partial charge in [0, 0.05) is 0 Å². The van der Waals surface area contributed by atoms with Crippen molar-refractivity contribution >= 4 is 35.4 Å². The Bertz CT molecular complexity index is 478. The zero-order valence-electron chi connectivity index (χ0n) is 13.2. The standard InChI is InChI=1S/C18H20.2Li/c1-15(17-9-5-3-6-10-17)13-14-16(2)18-11-7-4-8-12-18;;/h3-12H,13-14H2,1-2H3;;. The second-order valence-electron chi connectivity index (χ2n) is 7.00. The summed E-state index contributed by atoms with van der Waals surface area (Å²) >= 11 is 4.70. The van der Waals surface area contributed by atoms with Gasteiger partial charge in [0.15, 0.2) is 0 Å². The van der Waals surface area contributed by atoms with Crippen LogP contribution in [0.25, 0.3) is 0 Å². The third-order valence-corrected chi connectivity index (χ3v) is 4.49. The van der Waals surface area contributed by atoms with Crippen molar-refractivity contribution in [1.29, 1.82) is 0 Å². The molecule has 0 aliphatic rings. The molecule has 0 bridgehead atoms. The van der Waals surface area contributed by atoms with Crippen molar-refractivity contribution in [1.82, 2.24) is 0 Å². The van der Waals surface area contributed by atoms with E-state index in [4.69, 9.17) is 0 Å². The van der Waals surface area contributed by atoms with E-state index in [1.54, 1.807) is 0 Å². The van der Waals surface area contributed by atoms with Crippen molar-refractivity contribution < 1.29 is 0 Å². The first-order valence-corrected chi connectivity index (χ1v) is 7.53. The molecule has 0 aliphatic carbocycles. The normalized spacial score (nSPS) is 17.3. The molecular weight excluding hydrogens is 230 g/mol. The molecule has 2 atom stereocenters. The van der Waals surface area contributed by atoms with Gasteiger partial charge in [0.05, 0.1) is 0 Å². The Morgan fingerprint density at radius 3 is 1.25 bits per heavy atom. The molecule has 2 heteroatoms. The van der Waals surface area contributed by atoms with Crippen LogP contribution in [0, 0.1) is 0 Å². The fraction of sp³-hybridized carbons (Fsp3) is 0.333. The van der Waals surface area contributed by atoms with Gasteiger partial charge in [0.1, 0.15) is 0 Å². The zero-order valence-corrected chi connectivity index (χ0v) is 13.2. The number of rotatable bonds is 5. The van der Waals surface area contributed by atoms with E-state index in [9.17, 15) is 0 Å². The summed E-state index contributed by atoms with van der Waals surface area (Å²) in [6.45, 7) is 4.70. The maximum atomic E-state index is 2.35. The van der Waals surface area contributed by atoms with Gasteiger partial charge in [-0.2, -0.15) is 0 Å². The first-order chi connectivity index (χ1) is 9.42. The Morgan fingerprint density at radius 1 is 0.650 bits per heavy atom. The minimum absolute atomic E-state index is 0.229. The Hall–Kier alpha value is -0.365. The van der Waals surface area contributed by atoms with Crippen molar-refractivity contribution in [2.45, 2.75) is 34.9 Å². The molecule has 0 aromatic heterocycles. The molecule has 2 rings (SSSR count). The third-order valence-electron chi connectivity index (χ3n) is 4.49. The van der Waals surface area contributed by atoms with Crippen molar-refractivity contribution in [2.24, 2.45) is 0 Å². The van der Waals surface area contributed by atoms with Crippen LogP contribution in [-0.2, 0) is 8.18 Å². The van der Waals surface area contributed by atoms with Gasteiger partial charge in [0.25, 0.3) is 0 Å². The molecule has 0 N–H and O–H groups in total. The molecule has 0 saturated carbocycles. The molecule has 20 heavy (non-hydrogen) atoms. The summed E-state index contributed by atoms with van der Waals surface area (Å²) in [6.07, 6.45) is 2.39. The molecule has 0 saturated heterocycles. The van der Waals surface area contributed by atoms with Crippen LogP contribution in [0.3, 0.4) is 0 Å². The van der Waals surface area contributed by atoms with Gasteiger partial charge >= 0.3 is 142 Å². The van der Waals surface area contributed by atoms with E-state index in [-0.39, 0.29) is 8.18 Å². The molecule has 0 spiro atoms. The Kier molecular flexibility index (Phi) is 5.28. The Balaban J connectivity index is 2.08. The summed E-state index contributed by atoms with van der Waals surface area (Å²) in [4.78, 5) is 0. The molecule has 0 fully saturated rings. The van der Waals surface area contributed by atoms with Gasteiger partial charge in [-0.25, -0.2) is 0 Å². The topological polar surface area (TPSA) is 0 Å². The molecule has 0 heterocycles. The van der Waals surface area contributed by atoms with Crippen molar-refractivity contribution in [2.75, 3.05) is 0 Å². The zero-order chi connectivity index (χ0) is 14.6. The molecular formula is C18H20Li2. The van der Waals surface area contributed by atoms with Crippen LogP contribution >= 0.6 is 0 Å². The molecule has 0 radical (unpaired) electrons. The van der Waals surface area contributed by atoms with Crippen LogP contribution in [-0.4, -0.2) is 35.4 Å². The van der Waals surface area contributed by atoms with E-state index < -0.39 is 0 Å². The molecule has 0 amide bonds. The predicted octanol–water partition coefficient (Wildman–Crippen LogP) is 3.93. The molecule has 94 valence electrons. The van der Waals surface area contributed by atoms with Crippen LogP contribution in [0.1, 0.15) is 37.8 Å². The van der Waals surface area contributed by atoms with E-state index in [2.05, 4.69) is 110 Å². The molecule has 2 aromatic rings. The summed E-state index contributed by atoms with van der Waals surface area (Å²) < 4.78 is 0.459. The average Bonchev–Trinajstić information content (AvgIpc) is 2.47. The van der Waals surface area contributed by atoms with Crippen LogP contribution in [0.15, 0.2) is 60.7 Å². The fourth-order valence-corrected chi connectivity index (χ4v) is 2.69. The van der Waals surface area contributed by atoms with Crippen LogP contribution in [0.4, 0.5) is 0 Å². The van der Waals surface area contributed by atoms with Gasteiger partial charge in [-0.05, 0) is 0 Å². The Morgan fingerprint density at radius 2 is 0.950 bits per heavy atom. The quantitative estimate of drug-likeness (QED) is 0.705. The van der Waals surface area contributed by atoms with Crippen molar-refractivity contribution in [3.05, 3.63) is 71.8 Å². The van der Waals surface area contributed by atoms with Crippen molar-refractivity contribution in [3.8, 4) is 0 Å². The molecule has 0 nitrogen and oxygen atoms in total. The molecule has 2 aromatic carbocycles. The van der Waals surface area contributed by atoms with E-state index >= 15 is 0 Å². The summed E-state index contributed by atoms with van der Waals surface area (Å²) in [5.74, 6) is 0. The SMILES string of the molecule is [Li][C](C)(CC[C]([Li])(C)c1ccccc1)c1ccccc1. The first-order valence-electron chi connectivity index (χ1n) is 7.53.